The van der Waals surface area contributed by atoms with E-state index in [0.717, 1.165) is 11.1 Å². The molecule has 4 aromatic rings. The summed E-state index contributed by atoms with van der Waals surface area (Å²) in [7, 11) is 4.93. The number of benzene rings is 2. The van der Waals surface area contributed by atoms with Crippen molar-refractivity contribution in [3.63, 3.8) is 0 Å². The zero-order chi connectivity index (χ0) is 35.4. The summed E-state index contributed by atoms with van der Waals surface area (Å²) in [6, 6.07) is 8.84. The summed E-state index contributed by atoms with van der Waals surface area (Å²) in [5.41, 5.74) is 2.81. The number of fused-ring (bicyclic) bond motifs is 1. The Morgan fingerprint density at radius 1 is 1.08 bits per heavy atom. The number of halogens is 2. The fourth-order valence-corrected chi connectivity index (χ4v) is 6.72. The van der Waals surface area contributed by atoms with Crippen molar-refractivity contribution in [3.8, 4) is 22.6 Å². The summed E-state index contributed by atoms with van der Waals surface area (Å²) >= 11 is 13.6. The van der Waals surface area contributed by atoms with Crippen LogP contribution in [0.5, 0.6) is 11.5 Å². The molecule has 1 aliphatic rings. The Bertz CT molecular complexity index is 1980. The number of carbonyl (C=O) groups excluding carboxylic acids is 2. The van der Waals surface area contributed by atoms with Crippen molar-refractivity contribution in [3.05, 3.63) is 93.4 Å². The monoisotopic (exact) mass is 704 g/mol. The highest BCUT2D eigenvalue weighted by molar-refractivity contribution is 6.41. The van der Waals surface area contributed by atoms with Crippen LogP contribution in [0.1, 0.15) is 17.5 Å². The molecule has 49 heavy (non-hydrogen) atoms. The Kier molecular flexibility index (Phi) is 11.1. The molecule has 1 unspecified atom stereocenters. The largest absolute Gasteiger partial charge is 0.495 e. The molecular weight excluding hydrogens is 667 g/mol. The Hall–Kier alpha value is -4.71. The van der Waals surface area contributed by atoms with Gasteiger partial charge in [-0.2, -0.15) is 4.98 Å². The number of amides is 1. The van der Waals surface area contributed by atoms with Crippen LogP contribution >= 0.6 is 23.2 Å². The van der Waals surface area contributed by atoms with Gasteiger partial charge >= 0.3 is 0 Å². The van der Waals surface area contributed by atoms with Crippen LogP contribution in [-0.4, -0.2) is 83.0 Å². The predicted octanol–water partition coefficient (Wildman–Crippen LogP) is 5.85. The summed E-state index contributed by atoms with van der Waals surface area (Å²) in [5.74, 6) is 0.570. The third-order valence-corrected chi connectivity index (χ3v) is 9.56. The molecular formula is C36H38Cl2N6O5. The topological polar surface area (TPSA) is 119 Å². The molecule has 256 valence electrons. The van der Waals surface area contributed by atoms with E-state index in [4.69, 9.17) is 37.7 Å². The van der Waals surface area contributed by atoms with Crippen LogP contribution in [0.25, 0.3) is 22.2 Å². The first kappa shape index (κ1) is 35.6. The normalized spacial score (nSPS) is 14.8. The minimum absolute atomic E-state index is 0.0382. The number of aryl methyl sites for hydroxylation is 2. The number of likely N-dealkylation sites (N-methyl/N-ethyl adjacent to an activating group) is 1. The lowest BCUT2D eigenvalue weighted by Crippen LogP contribution is -2.53. The van der Waals surface area contributed by atoms with Crippen molar-refractivity contribution < 1.29 is 19.1 Å². The van der Waals surface area contributed by atoms with Gasteiger partial charge in [-0.3, -0.25) is 23.9 Å². The number of para-hydroxylation sites is 1. The Morgan fingerprint density at radius 2 is 1.80 bits per heavy atom. The molecule has 0 saturated carbocycles. The van der Waals surface area contributed by atoms with Crippen molar-refractivity contribution in [2.75, 3.05) is 46.2 Å². The van der Waals surface area contributed by atoms with Gasteiger partial charge in [0.1, 0.15) is 17.1 Å². The number of rotatable bonds is 12. The fraction of sp³-hybridized carbons (Fsp3) is 0.306. The molecule has 1 aliphatic heterocycles. The summed E-state index contributed by atoms with van der Waals surface area (Å²) in [6.45, 7) is 11.2. The molecule has 1 saturated heterocycles. The number of anilines is 2. The van der Waals surface area contributed by atoms with Crippen molar-refractivity contribution in [1.82, 2.24) is 24.3 Å². The quantitative estimate of drug-likeness (QED) is 0.181. The van der Waals surface area contributed by atoms with Gasteiger partial charge in [0.05, 0.1) is 29.8 Å². The minimum Gasteiger partial charge on any atom is -0.495 e. The van der Waals surface area contributed by atoms with Crippen molar-refractivity contribution in [2.24, 2.45) is 0 Å². The second kappa shape index (κ2) is 15.2. The van der Waals surface area contributed by atoms with Crippen LogP contribution in [0.15, 0.2) is 66.6 Å². The Balaban J connectivity index is 1.65. The highest BCUT2D eigenvalue weighted by Crippen LogP contribution is 2.45. The summed E-state index contributed by atoms with van der Waals surface area (Å²) in [5, 5.41) is 4.15. The third kappa shape index (κ3) is 7.34. The maximum Gasteiger partial charge on any atom is 0.260 e. The van der Waals surface area contributed by atoms with Crippen molar-refractivity contribution in [1.29, 1.82) is 0 Å². The van der Waals surface area contributed by atoms with Gasteiger partial charge in [-0.25, -0.2) is 4.98 Å². The molecule has 0 radical (unpaired) electrons. The van der Waals surface area contributed by atoms with Crippen LogP contribution in [0.4, 0.5) is 11.6 Å². The average molecular weight is 706 g/mol. The van der Waals surface area contributed by atoms with Gasteiger partial charge in [-0.05, 0) is 49.7 Å². The van der Waals surface area contributed by atoms with E-state index in [-0.39, 0.29) is 63.4 Å². The molecule has 1 amide bonds. The number of nitrogens with one attached hydrogen (secondary N) is 1. The molecule has 3 heterocycles. The van der Waals surface area contributed by atoms with Crippen LogP contribution in [-0.2, 0) is 22.6 Å². The highest BCUT2D eigenvalue weighted by Gasteiger charge is 2.28. The molecule has 1 N–H and O–H groups in total. The number of allylic oxidation sites excluding steroid dienone is 1. The van der Waals surface area contributed by atoms with Gasteiger partial charge in [0.2, 0.25) is 11.9 Å². The predicted molar refractivity (Wildman–Crippen MR) is 194 cm³/mol. The van der Waals surface area contributed by atoms with E-state index < -0.39 is 0 Å². The molecule has 2 aromatic carbocycles. The lowest BCUT2D eigenvalue weighted by atomic mass is 10.0. The van der Waals surface area contributed by atoms with E-state index in [1.165, 1.54) is 26.4 Å². The van der Waals surface area contributed by atoms with Gasteiger partial charge in [0.25, 0.3) is 5.56 Å². The molecule has 5 rings (SSSR count). The summed E-state index contributed by atoms with van der Waals surface area (Å²) < 4.78 is 12.5. The van der Waals surface area contributed by atoms with E-state index >= 15 is 0 Å². The SMILES string of the molecule is C=CC(=O)Cc1cccc(C)c1Nc1ncc2cc(-c3c(Cl)c(OC)cc(OC)c3Cl)c(=O)n(CCC3CN(C(=O)C=C)CCN3C)c2n1. The molecule has 0 aliphatic carbocycles. The van der Waals surface area contributed by atoms with E-state index in [1.807, 2.05) is 32.2 Å². The average Bonchev–Trinajstić information content (AvgIpc) is 3.10. The number of hydrogen-bond donors (Lipinski definition) is 1. The van der Waals surface area contributed by atoms with Crippen molar-refractivity contribution in [2.45, 2.75) is 32.4 Å². The van der Waals surface area contributed by atoms with Crippen LogP contribution in [0, 0.1) is 6.92 Å². The maximum absolute atomic E-state index is 14.5. The lowest BCUT2D eigenvalue weighted by molar-refractivity contribution is -0.128. The molecule has 0 bridgehead atoms. The molecule has 0 spiro atoms. The molecule has 13 heteroatoms. The van der Waals surface area contributed by atoms with Crippen LogP contribution in [0.2, 0.25) is 10.0 Å². The van der Waals surface area contributed by atoms with E-state index in [2.05, 4.69) is 28.4 Å². The number of piperazine rings is 1. The zero-order valence-electron chi connectivity index (χ0n) is 27.9. The van der Waals surface area contributed by atoms with Gasteiger partial charge < -0.3 is 19.7 Å². The van der Waals surface area contributed by atoms with E-state index in [9.17, 15) is 14.4 Å². The Morgan fingerprint density at radius 3 is 2.45 bits per heavy atom. The molecule has 1 fully saturated rings. The standard InChI is InChI=1S/C36H38Cl2N6O5/c1-7-25(45)16-22-11-9-10-21(3)33(22)40-36-39-19-23-17-26(30-31(37)27(48-5)18-28(49-6)32(30)38)35(47)44(34(23)41-36)13-12-24-20-43(29(46)8-2)15-14-42(24)4/h7-11,17-19,24H,1-2,12-16,20H2,3-6H3,(H,39,40,41). The maximum atomic E-state index is 14.5. The number of nitrogens with zero attached hydrogens (tertiary/aromatic N) is 5. The second-order valence-electron chi connectivity index (χ2n) is 11.8. The number of hydrogen-bond acceptors (Lipinski definition) is 9. The number of carbonyl (C=O) groups is 2. The lowest BCUT2D eigenvalue weighted by Gasteiger charge is -2.39. The molecule has 2 aromatic heterocycles. The number of methoxy groups -OCH3 is 2. The molecule has 1 atom stereocenters. The number of ether oxygens (including phenoxy) is 2. The fourth-order valence-electron chi connectivity index (χ4n) is 6.02. The van der Waals surface area contributed by atoms with E-state index in [1.54, 1.807) is 27.8 Å². The van der Waals surface area contributed by atoms with Gasteiger partial charge in [0.15, 0.2) is 5.78 Å². The summed E-state index contributed by atoms with van der Waals surface area (Å²) in [6.07, 6.45) is 4.91. The van der Waals surface area contributed by atoms with Gasteiger partial charge in [0, 0.05) is 67.5 Å². The third-order valence-electron chi connectivity index (χ3n) is 8.81. The number of ketones is 1. The van der Waals surface area contributed by atoms with Gasteiger partial charge in [-0.1, -0.05) is 54.6 Å². The molecule has 11 nitrogen and oxygen atoms in total. The summed E-state index contributed by atoms with van der Waals surface area (Å²) in [4.78, 5) is 52.6. The highest BCUT2D eigenvalue weighted by atomic mass is 35.5. The first-order valence-corrected chi connectivity index (χ1v) is 16.4. The first-order valence-electron chi connectivity index (χ1n) is 15.6. The minimum atomic E-state index is -0.387. The zero-order valence-corrected chi connectivity index (χ0v) is 29.4. The Labute approximate surface area is 294 Å². The van der Waals surface area contributed by atoms with Crippen molar-refractivity contribution >= 4 is 57.6 Å². The number of aromatic nitrogens is 3. The van der Waals surface area contributed by atoms with Crippen LogP contribution in [0.3, 0.4) is 0 Å². The van der Waals surface area contributed by atoms with Gasteiger partial charge in [-0.15, -0.1) is 0 Å². The van der Waals surface area contributed by atoms with E-state index in [0.29, 0.717) is 54.3 Å². The first-order chi connectivity index (χ1) is 23.5. The smallest absolute Gasteiger partial charge is 0.260 e. The van der Waals surface area contributed by atoms with Crippen LogP contribution < -0.4 is 20.3 Å². The second-order valence-corrected chi connectivity index (χ2v) is 12.5. The number of pyridine rings is 1.